The van der Waals surface area contributed by atoms with Crippen LogP contribution in [0.2, 0.25) is 0 Å². The smallest absolute Gasteiger partial charge is 0.481 e. The van der Waals surface area contributed by atoms with E-state index in [2.05, 4.69) is 9.72 Å². The van der Waals surface area contributed by atoms with Gasteiger partial charge in [-0.05, 0) is 23.8 Å². The Labute approximate surface area is 124 Å². The van der Waals surface area contributed by atoms with Crippen LogP contribution in [0.3, 0.4) is 0 Å². The number of hydrogen-bond donors (Lipinski definition) is 0. The van der Waals surface area contributed by atoms with Crippen LogP contribution in [0.4, 0.5) is 13.2 Å². The van der Waals surface area contributed by atoms with Crippen molar-refractivity contribution in [3.05, 3.63) is 42.1 Å². The molecule has 4 nitrogen and oxygen atoms in total. The lowest BCUT2D eigenvalue weighted by Gasteiger charge is -2.10. The Balaban J connectivity index is 2.28. The number of hydrogen-bond acceptors (Lipinski definition) is 4. The number of ether oxygens (including phenoxy) is 2. The number of benzene rings is 1. The van der Waals surface area contributed by atoms with E-state index < -0.39 is 6.36 Å². The lowest BCUT2D eigenvalue weighted by atomic mass is 10.0. The van der Waals surface area contributed by atoms with Gasteiger partial charge < -0.3 is 9.47 Å². The first-order chi connectivity index (χ1) is 10.4. The molecule has 7 heteroatoms. The number of alkyl halides is 3. The van der Waals surface area contributed by atoms with Gasteiger partial charge in [0.15, 0.2) is 0 Å². The van der Waals surface area contributed by atoms with Gasteiger partial charge in [-0.2, -0.15) is 5.26 Å². The number of methoxy groups -OCH3 is 1. The molecule has 0 fully saturated rings. The minimum atomic E-state index is -4.72. The maximum Gasteiger partial charge on any atom is 0.573 e. The molecule has 0 unspecified atom stereocenters. The van der Waals surface area contributed by atoms with Crippen molar-refractivity contribution in [2.45, 2.75) is 12.8 Å². The number of rotatable bonds is 4. The van der Waals surface area contributed by atoms with Gasteiger partial charge in [-0.1, -0.05) is 12.1 Å². The van der Waals surface area contributed by atoms with Gasteiger partial charge in [0, 0.05) is 17.3 Å². The molecule has 0 N–H and O–H groups in total. The number of nitriles is 1. The van der Waals surface area contributed by atoms with Crippen LogP contribution >= 0.6 is 0 Å². The molecular formula is C15H11F3N2O2. The zero-order valence-corrected chi connectivity index (χ0v) is 11.5. The molecule has 22 heavy (non-hydrogen) atoms. The second-order valence-electron chi connectivity index (χ2n) is 4.30. The summed E-state index contributed by atoms with van der Waals surface area (Å²) in [6, 6.07) is 9.14. The molecule has 0 bridgehead atoms. The summed E-state index contributed by atoms with van der Waals surface area (Å²) in [4.78, 5) is 4.09. The number of halogens is 3. The fourth-order valence-corrected chi connectivity index (χ4v) is 1.90. The average molecular weight is 308 g/mol. The first-order valence-corrected chi connectivity index (χ1v) is 6.19. The second kappa shape index (κ2) is 6.35. The number of pyridine rings is 1. The average Bonchev–Trinajstić information content (AvgIpc) is 2.47. The van der Waals surface area contributed by atoms with Gasteiger partial charge in [-0.3, -0.25) is 0 Å². The molecule has 0 atom stereocenters. The molecular weight excluding hydrogens is 297 g/mol. The van der Waals surface area contributed by atoms with Gasteiger partial charge >= 0.3 is 6.36 Å². The van der Waals surface area contributed by atoms with Gasteiger partial charge in [0.2, 0.25) is 5.88 Å². The van der Waals surface area contributed by atoms with Crippen molar-refractivity contribution in [1.29, 1.82) is 5.26 Å². The van der Waals surface area contributed by atoms with E-state index in [1.165, 1.54) is 37.6 Å². The van der Waals surface area contributed by atoms with Crippen molar-refractivity contribution in [3.8, 4) is 28.8 Å². The summed E-state index contributed by atoms with van der Waals surface area (Å²) in [6.07, 6.45) is -3.07. The summed E-state index contributed by atoms with van der Waals surface area (Å²) in [5.74, 6) is 0.0531. The van der Waals surface area contributed by atoms with Crippen LogP contribution in [0.15, 0.2) is 36.5 Å². The molecule has 0 aliphatic rings. The highest BCUT2D eigenvalue weighted by Gasteiger charge is 2.30. The molecule has 0 aliphatic carbocycles. The molecule has 0 saturated carbocycles. The molecule has 0 spiro atoms. The summed E-state index contributed by atoms with van der Waals surface area (Å²) in [5.41, 5.74) is 1.94. The van der Waals surface area contributed by atoms with Crippen molar-refractivity contribution in [2.24, 2.45) is 0 Å². The summed E-state index contributed by atoms with van der Waals surface area (Å²) >= 11 is 0. The van der Waals surface area contributed by atoms with Crippen LogP contribution in [-0.4, -0.2) is 18.5 Å². The van der Waals surface area contributed by atoms with Crippen molar-refractivity contribution < 1.29 is 22.6 Å². The lowest BCUT2D eigenvalue weighted by Crippen LogP contribution is -2.16. The SMILES string of the molecule is COc1ncc(-c2ccc(OC(F)(F)F)cc2)cc1CC#N. The third kappa shape index (κ3) is 3.88. The third-order valence-corrected chi connectivity index (χ3v) is 2.81. The number of nitrogens with zero attached hydrogens (tertiary/aromatic N) is 2. The molecule has 114 valence electrons. The van der Waals surface area contributed by atoms with Crippen molar-refractivity contribution in [1.82, 2.24) is 4.98 Å². The van der Waals surface area contributed by atoms with Crippen LogP contribution in [-0.2, 0) is 6.42 Å². The van der Waals surface area contributed by atoms with Crippen molar-refractivity contribution in [2.75, 3.05) is 7.11 Å². The minimum absolute atomic E-state index is 0.124. The van der Waals surface area contributed by atoms with Gasteiger partial charge in [0.1, 0.15) is 5.75 Å². The maximum absolute atomic E-state index is 12.1. The minimum Gasteiger partial charge on any atom is -0.481 e. The van der Waals surface area contributed by atoms with Crippen LogP contribution < -0.4 is 9.47 Å². The molecule has 1 heterocycles. The zero-order chi connectivity index (χ0) is 16.2. The molecule has 0 radical (unpaired) electrons. The topological polar surface area (TPSA) is 55.1 Å². The van der Waals surface area contributed by atoms with E-state index in [0.717, 1.165) is 0 Å². The van der Waals surface area contributed by atoms with Gasteiger partial charge in [0.25, 0.3) is 0 Å². The first kappa shape index (κ1) is 15.6. The van der Waals surface area contributed by atoms with Gasteiger partial charge in [-0.15, -0.1) is 13.2 Å². The fraction of sp³-hybridized carbons (Fsp3) is 0.200. The van der Waals surface area contributed by atoms with Crippen molar-refractivity contribution in [3.63, 3.8) is 0 Å². The normalized spacial score (nSPS) is 10.9. The van der Waals surface area contributed by atoms with E-state index in [-0.39, 0.29) is 12.2 Å². The predicted octanol–water partition coefficient (Wildman–Crippen LogP) is 3.72. The fourth-order valence-electron chi connectivity index (χ4n) is 1.90. The quantitative estimate of drug-likeness (QED) is 0.863. The Morgan fingerprint density at radius 1 is 1.18 bits per heavy atom. The first-order valence-electron chi connectivity index (χ1n) is 6.19. The van der Waals surface area contributed by atoms with E-state index in [9.17, 15) is 13.2 Å². The summed E-state index contributed by atoms with van der Waals surface area (Å²) in [6.45, 7) is 0. The highest BCUT2D eigenvalue weighted by atomic mass is 19.4. The Kier molecular flexibility index (Phi) is 4.51. The Morgan fingerprint density at radius 3 is 2.41 bits per heavy atom. The lowest BCUT2D eigenvalue weighted by molar-refractivity contribution is -0.274. The summed E-state index contributed by atoms with van der Waals surface area (Å²) in [5, 5.41) is 8.79. The summed E-state index contributed by atoms with van der Waals surface area (Å²) in [7, 11) is 1.45. The van der Waals surface area contributed by atoms with Gasteiger partial charge in [0.05, 0.1) is 19.6 Å². The van der Waals surface area contributed by atoms with E-state index in [0.29, 0.717) is 22.6 Å². The van der Waals surface area contributed by atoms with Crippen LogP contribution in [0, 0.1) is 11.3 Å². The van der Waals surface area contributed by atoms with E-state index in [4.69, 9.17) is 10.00 Å². The van der Waals surface area contributed by atoms with E-state index in [1.54, 1.807) is 6.07 Å². The largest absolute Gasteiger partial charge is 0.573 e. The Bertz CT molecular complexity index is 691. The summed E-state index contributed by atoms with van der Waals surface area (Å²) < 4.78 is 45.2. The van der Waals surface area contributed by atoms with E-state index in [1.807, 2.05) is 6.07 Å². The highest BCUT2D eigenvalue weighted by Crippen LogP contribution is 2.28. The molecule has 2 rings (SSSR count). The highest BCUT2D eigenvalue weighted by molar-refractivity contribution is 5.65. The number of aromatic nitrogens is 1. The molecule has 2 aromatic rings. The maximum atomic E-state index is 12.1. The monoisotopic (exact) mass is 308 g/mol. The molecule has 1 aromatic carbocycles. The molecule has 1 aromatic heterocycles. The van der Waals surface area contributed by atoms with Crippen molar-refractivity contribution >= 4 is 0 Å². The molecule has 0 aliphatic heterocycles. The third-order valence-electron chi connectivity index (χ3n) is 2.81. The Hall–Kier alpha value is -2.75. The standard InChI is InChI=1S/C15H11F3N2O2/c1-21-14-11(6-7-19)8-12(9-20-14)10-2-4-13(5-3-10)22-15(16,17)18/h2-5,8-9H,6H2,1H3. The molecule has 0 amide bonds. The Morgan fingerprint density at radius 2 is 1.86 bits per heavy atom. The van der Waals surface area contributed by atoms with Crippen LogP contribution in [0.5, 0.6) is 11.6 Å². The predicted molar refractivity (Wildman–Crippen MR) is 72.2 cm³/mol. The van der Waals surface area contributed by atoms with Crippen LogP contribution in [0.1, 0.15) is 5.56 Å². The van der Waals surface area contributed by atoms with Crippen LogP contribution in [0.25, 0.3) is 11.1 Å². The van der Waals surface area contributed by atoms with Gasteiger partial charge in [-0.25, -0.2) is 4.98 Å². The second-order valence-corrected chi connectivity index (χ2v) is 4.30. The zero-order valence-electron chi connectivity index (χ0n) is 11.5. The van der Waals surface area contributed by atoms with E-state index >= 15 is 0 Å². The molecule has 0 saturated heterocycles.